The fourth-order valence-electron chi connectivity index (χ4n) is 3.70. The molecule has 2 heterocycles. The summed E-state index contributed by atoms with van der Waals surface area (Å²) in [7, 11) is 1.77. The molecule has 3 N–H and O–H groups in total. The van der Waals surface area contributed by atoms with Gasteiger partial charge in [0.1, 0.15) is 17.7 Å². The quantitative estimate of drug-likeness (QED) is 0.743. The number of aryl methyl sites for hydroxylation is 1. The van der Waals surface area contributed by atoms with Crippen LogP contribution < -0.4 is 5.32 Å². The highest BCUT2D eigenvalue weighted by Crippen LogP contribution is 2.46. The van der Waals surface area contributed by atoms with Gasteiger partial charge in [0.2, 0.25) is 5.91 Å². The van der Waals surface area contributed by atoms with Crippen molar-refractivity contribution < 1.29 is 14.7 Å². The van der Waals surface area contributed by atoms with Crippen molar-refractivity contribution >= 4 is 11.9 Å². The van der Waals surface area contributed by atoms with E-state index in [1.165, 1.54) is 6.33 Å². The third-order valence-corrected chi connectivity index (χ3v) is 5.39. The molecule has 1 saturated heterocycles. The average molecular weight is 357 g/mol. The molecule has 1 aliphatic heterocycles. The molecule has 0 bridgehead atoms. The topological polar surface area (TPSA) is 111 Å². The van der Waals surface area contributed by atoms with E-state index in [0.717, 1.165) is 11.1 Å². The van der Waals surface area contributed by atoms with Gasteiger partial charge in [0.25, 0.3) is 0 Å². The third kappa shape index (κ3) is 3.08. The molecule has 0 unspecified atom stereocenters. The summed E-state index contributed by atoms with van der Waals surface area (Å²) in [5, 5.41) is 19.1. The number of carbonyl (C=O) groups is 2. The molecule has 0 spiro atoms. The lowest BCUT2D eigenvalue weighted by molar-refractivity contribution is -0.148. The lowest BCUT2D eigenvalue weighted by atomic mass is 9.88. The summed E-state index contributed by atoms with van der Waals surface area (Å²) in [6.45, 7) is 3.87. The number of H-pyrrole nitrogens is 1. The van der Waals surface area contributed by atoms with E-state index in [1.54, 1.807) is 18.9 Å². The van der Waals surface area contributed by atoms with Gasteiger partial charge in [-0.25, -0.2) is 4.98 Å². The zero-order chi connectivity index (χ0) is 18.9. The van der Waals surface area contributed by atoms with Crippen LogP contribution in [0.5, 0.6) is 0 Å². The van der Waals surface area contributed by atoms with Crippen LogP contribution in [0.4, 0.5) is 0 Å². The summed E-state index contributed by atoms with van der Waals surface area (Å²) >= 11 is 0. The molecule has 2 aromatic rings. The number of hydrogen-bond acceptors (Lipinski definition) is 5. The number of nitrogens with zero attached hydrogens (tertiary/aromatic N) is 3. The van der Waals surface area contributed by atoms with Crippen molar-refractivity contribution in [1.29, 1.82) is 0 Å². The Morgan fingerprint density at radius 3 is 2.77 bits per heavy atom. The molecule has 0 radical (unpaired) electrons. The first kappa shape index (κ1) is 18.1. The number of aliphatic carboxylic acids is 1. The highest BCUT2D eigenvalue weighted by molar-refractivity contribution is 5.85. The van der Waals surface area contributed by atoms with Crippen LogP contribution in [0.2, 0.25) is 0 Å². The fraction of sp³-hybridized carbons (Fsp3) is 0.444. The SMILES string of the molecule is Cc1ccccc1[C@H]1[C@@H](C(=O)NCc2ncn[nH]2)C[C@@](C)(C(=O)O)N1C. The van der Waals surface area contributed by atoms with Crippen LogP contribution in [0.25, 0.3) is 0 Å². The highest BCUT2D eigenvalue weighted by atomic mass is 16.4. The van der Waals surface area contributed by atoms with Crippen LogP contribution in [0.15, 0.2) is 30.6 Å². The number of hydrogen-bond donors (Lipinski definition) is 3. The monoisotopic (exact) mass is 357 g/mol. The Labute approximate surface area is 151 Å². The number of likely N-dealkylation sites (N-methyl/N-ethyl adjacent to an activating group) is 1. The Balaban J connectivity index is 1.90. The molecule has 1 aliphatic rings. The van der Waals surface area contributed by atoms with Crippen molar-refractivity contribution in [2.45, 2.75) is 38.4 Å². The molecule has 8 nitrogen and oxygen atoms in total. The van der Waals surface area contributed by atoms with E-state index in [0.29, 0.717) is 5.82 Å². The Morgan fingerprint density at radius 1 is 1.42 bits per heavy atom. The van der Waals surface area contributed by atoms with Crippen LogP contribution in [0.1, 0.15) is 36.3 Å². The highest BCUT2D eigenvalue weighted by Gasteiger charge is 2.54. The van der Waals surface area contributed by atoms with Crippen molar-refractivity contribution in [3.8, 4) is 0 Å². The van der Waals surface area contributed by atoms with Crippen molar-refractivity contribution in [1.82, 2.24) is 25.4 Å². The smallest absolute Gasteiger partial charge is 0.323 e. The number of likely N-dealkylation sites (tertiary alicyclic amines) is 1. The standard InChI is InChI=1S/C18H23N5O3/c1-11-6-4-5-7-12(11)15-13(8-18(2,17(25)26)23(15)3)16(24)19-9-14-20-10-21-22-14/h4-7,10,13,15H,8-9H2,1-3H3,(H,19,24)(H,25,26)(H,20,21,22)/t13-,15-,18-/m0/s1. The largest absolute Gasteiger partial charge is 0.480 e. The summed E-state index contributed by atoms with van der Waals surface area (Å²) in [4.78, 5) is 30.6. The molecule has 1 amide bonds. The zero-order valence-corrected chi connectivity index (χ0v) is 15.1. The van der Waals surface area contributed by atoms with E-state index in [4.69, 9.17) is 0 Å². The number of nitrogens with one attached hydrogen (secondary N) is 2. The first-order valence-corrected chi connectivity index (χ1v) is 8.48. The first-order chi connectivity index (χ1) is 12.3. The maximum absolute atomic E-state index is 12.9. The van der Waals surface area contributed by atoms with Crippen molar-refractivity contribution in [2.24, 2.45) is 5.92 Å². The Bertz CT molecular complexity index is 807. The normalized spacial score (nSPS) is 26.0. The molecular weight excluding hydrogens is 334 g/mol. The predicted octanol–water partition coefficient (Wildman–Crippen LogP) is 1.27. The number of aromatic amines is 1. The molecular formula is C18H23N5O3. The van der Waals surface area contributed by atoms with Crippen LogP contribution in [-0.2, 0) is 16.1 Å². The molecule has 1 aromatic heterocycles. The lowest BCUT2D eigenvalue weighted by Crippen LogP contribution is -2.46. The van der Waals surface area contributed by atoms with Gasteiger partial charge in [-0.05, 0) is 38.4 Å². The second kappa shape index (κ2) is 6.87. The van der Waals surface area contributed by atoms with E-state index in [1.807, 2.05) is 31.2 Å². The number of carbonyl (C=O) groups excluding carboxylic acids is 1. The molecule has 8 heteroatoms. The molecule has 138 valence electrons. The Hall–Kier alpha value is -2.74. The molecule has 0 saturated carbocycles. The van der Waals surface area contributed by atoms with Gasteiger partial charge in [-0.2, -0.15) is 5.10 Å². The maximum atomic E-state index is 12.9. The minimum atomic E-state index is -1.11. The van der Waals surface area contributed by atoms with Crippen LogP contribution in [0.3, 0.4) is 0 Å². The van der Waals surface area contributed by atoms with Gasteiger partial charge in [0, 0.05) is 6.04 Å². The van der Waals surface area contributed by atoms with E-state index >= 15 is 0 Å². The molecule has 1 aromatic carbocycles. The average Bonchev–Trinajstić information content (AvgIpc) is 3.21. The first-order valence-electron chi connectivity index (χ1n) is 8.48. The number of rotatable bonds is 5. The summed E-state index contributed by atoms with van der Waals surface area (Å²) in [5.74, 6) is -1.04. The van der Waals surface area contributed by atoms with E-state index in [2.05, 4.69) is 20.5 Å². The minimum Gasteiger partial charge on any atom is -0.480 e. The number of carboxylic acid groups (broad SMARTS) is 1. The van der Waals surface area contributed by atoms with Gasteiger partial charge < -0.3 is 10.4 Å². The Morgan fingerprint density at radius 2 is 2.15 bits per heavy atom. The van der Waals surface area contributed by atoms with E-state index in [9.17, 15) is 14.7 Å². The molecule has 26 heavy (non-hydrogen) atoms. The molecule has 1 fully saturated rings. The summed E-state index contributed by atoms with van der Waals surface area (Å²) in [5.41, 5.74) is 0.896. The number of aromatic nitrogens is 3. The number of carboxylic acids is 1. The number of benzene rings is 1. The van der Waals surface area contributed by atoms with Crippen LogP contribution in [-0.4, -0.2) is 49.7 Å². The Kier molecular flexibility index (Phi) is 4.78. The lowest BCUT2D eigenvalue weighted by Gasteiger charge is -2.32. The summed E-state index contributed by atoms with van der Waals surface area (Å²) < 4.78 is 0. The van der Waals surface area contributed by atoms with Gasteiger partial charge >= 0.3 is 5.97 Å². The van der Waals surface area contributed by atoms with E-state index < -0.39 is 17.4 Å². The second-order valence-electron chi connectivity index (χ2n) is 6.95. The fourth-order valence-corrected chi connectivity index (χ4v) is 3.70. The molecule has 3 atom stereocenters. The van der Waals surface area contributed by atoms with Crippen LogP contribution >= 0.6 is 0 Å². The van der Waals surface area contributed by atoms with Crippen molar-refractivity contribution in [2.75, 3.05) is 7.05 Å². The number of amides is 1. The van der Waals surface area contributed by atoms with Crippen molar-refractivity contribution in [3.63, 3.8) is 0 Å². The maximum Gasteiger partial charge on any atom is 0.323 e. The van der Waals surface area contributed by atoms with E-state index in [-0.39, 0.29) is 24.9 Å². The summed E-state index contributed by atoms with van der Waals surface area (Å²) in [6, 6.07) is 7.47. The van der Waals surface area contributed by atoms with Gasteiger partial charge in [0.05, 0.1) is 12.5 Å². The van der Waals surface area contributed by atoms with Gasteiger partial charge in [-0.1, -0.05) is 24.3 Å². The zero-order valence-electron chi connectivity index (χ0n) is 15.1. The minimum absolute atomic E-state index is 0.188. The second-order valence-corrected chi connectivity index (χ2v) is 6.95. The third-order valence-electron chi connectivity index (χ3n) is 5.39. The molecule has 0 aliphatic carbocycles. The van der Waals surface area contributed by atoms with Crippen molar-refractivity contribution in [3.05, 3.63) is 47.5 Å². The predicted molar refractivity (Wildman–Crippen MR) is 94.1 cm³/mol. The summed E-state index contributed by atoms with van der Waals surface area (Å²) in [6.07, 6.45) is 1.61. The van der Waals surface area contributed by atoms with Gasteiger partial charge in [-0.15, -0.1) is 0 Å². The van der Waals surface area contributed by atoms with Crippen LogP contribution in [0, 0.1) is 12.8 Å². The molecule has 3 rings (SSSR count). The van der Waals surface area contributed by atoms with Gasteiger partial charge in [0.15, 0.2) is 0 Å². The van der Waals surface area contributed by atoms with Gasteiger partial charge in [-0.3, -0.25) is 19.6 Å².